The molecule has 2 saturated heterocycles. The summed E-state index contributed by atoms with van der Waals surface area (Å²) in [5, 5.41) is 3.00. The molecule has 0 aromatic carbocycles. The van der Waals surface area contributed by atoms with Crippen molar-refractivity contribution in [2.24, 2.45) is 23.7 Å². The monoisotopic (exact) mass is 417 g/mol. The van der Waals surface area contributed by atoms with E-state index >= 15 is 0 Å². The largest absolute Gasteiger partial charge is 0.460 e. The van der Waals surface area contributed by atoms with Crippen LogP contribution >= 0.6 is 0 Å². The Balaban J connectivity index is 1.56. The van der Waals surface area contributed by atoms with Crippen LogP contribution in [0.5, 0.6) is 0 Å². The van der Waals surface area contributed by atoms with Crippen LogP contribution in [0, 0.1) is 23.7 Å². The number of hydrogen-bond acceptors (Lipinski definition) is 6. The van der Waals surface area contributed by atoms with Crippen molar-refractivity contribution in [3.05, 3.63) is 11.6 Å². The van der Waals surface area contributed by atoms with Gasteiger partial charge in [-0.15, -0.1) is 0 Å². The first-order chi connectivity index (χ1) is 14.2. The molecule has 1 spiro atoms. The summed E-state index contributed by atoms with van der Waals surface area (Å²) in [6.07, 6.45) is 5.09. The fourth-order valence-electron chi connectivity index (χ4n) is 6.10. The van der Waals surface area contributed by atoms with Crippen molar-refractivity contribution in [1.82, 2.24) is 5.32 Å². The predicted molar refractivity (Wildman–Crippen MR) is 107 cm³/mol. The van der Waals surface area contributed by atoms with Gasteiger partial charge in [-0.2, -0.15) is 0 Å². The van der Waals surface area contributed by atoms with Crippen LogP contribution in [-0.4, -0.2) is 41.4 Å². The molecule has 0 unspecified atom stereocenters. The molecule has 4 rings (SSSR count). The molecule has 0 aromatic rings. The first-order valence-corrected chi connectivity index (χ1v) is 11.2. The Kier molecular flexibility index (Phi) is 5.49. The maximum Gasteiger partial charge on any atom is 0.334 e. The number of fused-ring (bicyclic) bond motifs is 1. The van der Waals surface area contributed by atoms with Crippen molar-refractivity contribution in [1.29, 1.82) is 0 Å². The molecule has 1 aliphatic carbocycles. The fourth-order valence-corrected chi connectivity index (χ4v) is 6.10. The van der Waals surface area contributed by atoms with Gasteiger partial charge in [0.2, 0.25) is 5.91 Å². The Hall–Kier alpha value is -2.18. The number of nitrogens with one attached hydrogen (secondary N) is 1. The van der Waals surface area contributed by atoms with E-state index in [1.807, 2.05) is 19.9 Å². The SMILES string of the molecule is CC[C@@H]1[C@H]2C(=O)CC[C@H]([C@H]3C[C@@H](C)C(=O)O3)NC(=O)CC[C@@H]2C[C@@]12C=C(C)C(=O)O2. The number of Topliss-reactive ketones (excluding diaryl/α,β-unsaturated/α-hetero) is 1. The van der Waals surface area contributed by atoms with E-state index in [1.165, 1.54) is 0 Å². The summed E-state index contributed by atoms with van der Waals surface area (Å²) >= 11 is 0. The third-order valence-corrected chi connectivity index (χ3v) is 7.52. The van der Waals surface area contributed by atoms with Gasteiger partial charge in [-0.05, 0) is 51.0 Å². The highest BCUT2D eigenvalue weighted by atomic mass is 16.6. The fraction of sp³-hybridized carbons (Fsp3) is 0.739. The van der Waals surface area contributed by atoms with Gasteiger partial charge in [-0.3, -0.25) is 14.4 Å². The Morgan fingerprint density at radius 3 is 2.53 bits per heavy atom. The molecule has 3 heterocycles. The molecular weight excluding hydrogens is 386 g/mol. The number of rotatable bonds is 2. The van der Waals surface area contributed by atoms with Crippen molar-refractivity contribution in [3.8, 4) is 0 Å². The lowest BCUT2D eigenvalue weighted by atomic mass is 9.77. The third kappa shape index (κ3) is 3.56. The Labute approximate surface area is 176 Å². The summed E-state index contributed by atoms with van der Waals surface area (Å²) in [6, 6.07) is -0.339. The van der Waals surface area contributed by atoms with Crippen LogP contribution < -0.4 is 5.32 Å². The summed E-state index contributed by atoms with van der Waals surface area (Å²) in [7, 11) is 0. The lowest BCUT2D eigenvalue weighted by molar-refractivity contribution is -0.151. The molecule has 0 aromatic heterocycles. The number of hydrogen-bond donors (Lipinski definition) is 1. The topological polar surface area (TPSA) is 98.8 Å². The number of esters is 2. The zero-order valence-electron chi connectivity index (χ0n) is 17.9. The van der Waals surface area contributed by atoms with Crippen LogP contribution in [0.4, 0.5) is 0 Å². The maximum absolute atomic E-state index is 13.4. The number of cyclic esters (lactones) is 1. The van der Waals surface area contributed by atoms with Crippen molar-refractivity contribution >= 4 is 23.6 Å². The van der Waals surface area contributed by atoms with E-state index in [-0.39, 0.29) is 59.4 Å². The minimum Gasteiger partial charge on any atom is -0.460 e. The van der Waals surface area contributed by atoms with Crippen molar-refractivity contribution in [2.45, 2.75) is 83.5 Å². The van der Waals surface area contributed by atoms with Crippen molar-refractivity contribution < 1.29 is 28.7 Å². The molecular formula is C23H31NO6. The number of amides is 1. The first-order valence-electron chi connectivity index (χ1n) is 11.2. The summed E-state index contributed by atoms with van der Waals surface area (Å²) in [6.45, 7) is 5.61. The van der Waals surface area contributed by atoms with Gasteiger partial charge >= 0.3 is 11.9 Å². The molecule has 1 amide bonds. The van der Waals surface area contributed by atoms with E-state index in [2.05, 4.69) is 5.32 Å². The molecule has 7 nitrogen and oxygen atoms in total. The summed E-state index contributed by atoms with van der Waals surface area (Å²) < 4.78 is 11.3. The maximum atomic E-state index is 13.4. The molecule has 7 atom stereocenters. The number of ether oxygens (including phenoxy) is 2. The molecule has 1 N–H and O–H groups in total. The van der Waals surface area contributed by atoms with Gasteiger partial charge in [0.15, 0.2) is 0 Å². The lowest BCUT2D eigenvalue weighted by Crippen LogP contribution is -2.45. The average Bonchev–Trinajstić information content (AvgIpc) is 3.29. The Morgan fingerprint density at radius 1 is 1.17 bits per heavy atom. The van der Waals surface area contributed by atoms with Gasteiger partial charge < -0.3 is 14.8 Å². The van der Waals surface area contributed by atoms with Gasteiger partial charge in [0.1, 0.15) is 17.5 Å². The van der Waals surface area contributed by atoms with E-state index < -0.39 is 5.60 Å². The highest BCUT2D eigenvalue weighted by Crippen LogP contribution is 2.54. The van der Waals surface area contributed by atoms with Gasteiger partial charge in [0.25, 0.3) is 0 Å². The minimum absolute atomic E-state index is 0.0176. The highest BCUT2D eigenvalue weighted by Gasteiger charge is 2.58. The summed E-state index contributed by atoms with van der Waals surface area (Å²) in [4.78, 5) is 50.0. The summed E-state index contributed by atoms with van der Waals surface area (Å²) in [5.74, 6) is -0.920. The smallest absolute Gasteiger partial charge is 0.334 e. The van der Waals surface area contributed by atoms with Crippen LogP contribution in [0.1, 0.15) is 65.7 Å². The van der Waals surface area contributed by atoms with E-state index in [1.54, 1.807) is 6.92 Å². The van der Waals surface area contributed by atoms with Crippen molar-refractivity contribution in [2.75, 3.05) is 0 Å². The quantitative estimate of drug-likeness (QED) is 0.693. The van der Waals surface area contributed by atoms with E-state index in [4.69, 9.17) is 9.47 Å². The highest BCUT2D eigenvalue weighted by molar-refractivity contribution is 5.91. The third-order valence-electron chi connectivity index (χ3n) is 7.52. The van der Waals surface area contributed by atoms with Crippen LogP contribution in [0.15, 0.2) is 11.6 Å². The molecule has 164 valence electrons. The zero-order valence-corrected chi connectivity index (χ0v) is 17.9. The molecule has 4 aliphatic rings. The molecule has 7 heteroatoms. The number of ketones is 1. The second-order valence-corrected chi connectivity index (χ2v) is 9.51. The Morgan fingerprint density at radius 2 is 1.93 bits per heavy atom. The average molecular weight is 418 g/mol. The molecule has 0 radical (unpaired) electrons. The molecule has 1 saturated carbocycles. The van der Waals surface area contributed by atoms with E-state index in [0.29, 0.717) is 44.1 Å². The lowest BCUT2D eigenvalue weighted by Gasteiger charge is -2.31. The molecule has 3 aliphatic heterocycles. The second-order valence-electron chi connectivity index (χ2n) is 9.51. The van der Waals surface area contributed by atoms with E-state index in [0.717, 1.165) is 6.42 Å². The van der Waals surface area contributed by atoms with Crippen LogP contribution in [0.3, 0.4) is 0 Å². The second kappa shape index (κ2) is 7.82. The van der Waals surface area contributed by atoms with Crippen LogP contribution in [0.25, 0.3) is 0 Å². The molecule has 3 fully saturated rings. The normalized spacial score (nSPS) is 41.9. The van der Waals surface area contributed by atoms with Gasteiger partial charge in [-0.1, -0.05) is 13.8 Å². The van der Waals surface area contributed by atoms with E-state index in [9.17, 15) is 19.2 Å². The Bertz CT molecular complexity index is 804. The minimum atomic E-state index is -0.721. The van der Waals surface area contributed by atoms with Gasteiger partial charge in [-0.25, -0.2) is 4.79 Å². The van der Waals surface area contributed by atoms with Gasteiger partial charge in [0, 0.05) is 30.3 Å². The molecule has 0 bridgehead atoms. The number of carbonyl (C=O) groups is 4. The van der Waals surface area contributed by atoms with Crippen LogP contribution in [-0.2, 0) is 28.7 Å². The number of carbonyl (C=O) groups excluding carboxylic acids is 4. The predicted octanol–water partition coefficient (Wildman–Crippen LogP) is 2.47. The molecule has 30 heavy (non-hydrogen) atoms. The first kappa shape index (κ1) is 21.1. The van der Waals surface area contributed by atoms with Crippen LogP contribution in [0.2, 0.25) is 0 Å². The summed E-state index contributed by atoms with van der Waals surface area (Å²) in [5.41, 5.74) is -0.124. The van der Waals surface area contributed by atoms with Crippen molar-refractivity contribution in [3.63, 3.8) is 0 Å². The zero-order chi connectivity index (χ0) is 21.6. The van der Waals surface area contributed by atoms with Gasteiger partial charge in [0.05, 0.1) is 12.0 Å². The standard InChI is InChI=1S/C23H31NO6/c1-4-15-20-14(11-23(15)10-13(3)22(28)30-23)5-8-19(26)24-16(6-7-17(20)25)18-9-12(2)21(27)29-18/h10,12,14-16,18,20H,4-9,11H2,1-3H3,(H,24,26)/t12-,14-,15-,16-,18-,20+,23+/m1/s1.